The summed E-state index contributed by atoms with van der Waals surface area (Å²) in [5, 5.41) is 0. The van der Waals surface area contributed by atoms with Crippen LogP contribution in [0.5, 0.6) is 0 Å². The molecule has 0 heterocycles. The van der Waals surface area contributed by atoms with Crippen LogP contribution in [0.4, 0.5) is 0 Å². The second kappa shape index (κ2) is 11.5. The van der Waals surface area contributed by atoms with Gasteiger partial charge >= 0.3 is 0 Å². The van der Waals surface area contributed by atoms with Crippen LogP contribution in [-0.4, -0.2) is 12.7 Å². The Labute approximate surface area is 146 Å². The first-order valence-corrected chi connectivity index (χ1v) is 10.9. The molecule has 0 amide bonds. The van der Waals surface area contributed by atoms with Gasteiger partial charge in [0, 0.05) is 6.61 Å². The molecule has 2 aliphatic rings. The van der Waals surface area contributed by atoms with E-state index < -0.39 is 0 Å². The summed E-state index contributed by atoms with van der Waals surface area (Å²) in [5.41, 5.74) is 0. The molecule has 0 spiro atoms. The van der Waals surface area contributed by atoms with Crippen LogP contribution < -0.4 is 0 Å². The van der Waals surface area contributed by atoms with Crippen molar-refractivity contribution < 1.29 is 4.74 Å². The predicted octanol–water partition coefficient (Wildman–Crippen LogP) is 7.14. The first-order chi connectivity index (χ1) is 11.3. The van der Waals surface area contributed by atoms with Crippen molar-refractivity contribution in [3.8, 4) is 0 Å². The molecule has 2 aliphatic carbocycles. The lowest BCUT2D eigenvalue weighted by molar-refractivity contribution is 0.0134. The fourth-order valence-electron chi connectivity index (χ4n) is 5.12. The molecule has 23 heavy (non-hydrogen) atoms. The third kappa shape index (κ3) is 7.16. The molecule has 1 heteroatoms. The zero-order valence-electron chi connectivity index (χ0n) is 16.0. The summed E-state index contributed by atoms with van der Waals surface area (Å²) in [7, 11) is 0. The van der Waals surface area contributed by atoms with E-state index in [9.17, 15) is 0 Å². The Kier molecular flexibility index (Phi) is 9.65. The van der Waals surface area contributed by atoms with Gasteiger partial charge in [-0.15, -0.1) is 0 Å². The largest absolute Gasteiger partial charge is 0.379 e. The van der Waals surface area contributed by atoms with Crippen molar-refractivity contribution in [3.05, 3.63) is 0 Å². The molecular formula is C22H42O. The average Bonchev–Trinajstić information content (AvgIpc) is 2.60. The van der Waals surface area contributed by atoms with Gasteiger partial charge in [0.1, 0.15) is 0 Å². The maximum absolute atomic E-state index is 5.81. The number of hydrogen-bond acceptors (Lipinski definition) is 1. The number of unbranched alkanes of at least 4 members (excludes halogenated alkanes) is 5. The van der Waals surface area contributed by atoms with Gasteiger partial charge in [0.2, 0.25) is 0 Å². The van der Waals surface area contributed by atoms with Crippen molar-refractivity contribution >= 4 is 0 Å². The zero-order valence-corrected chi connectivity index (χ0v) is 16.0. The highest BCUT2D eigenvalue weighted by Gasteiger charge is 2.30. The van der Waals surface area contributed by atoms with Crippen molar-refractivity contribution in [2.75, 3.05) is 6.61 Å². The van der Waals surface area contributed by atoms with E-state index in [1.165, 1.54) is 96.3 Å². The van der Waals surface area contributed by atoms with Crippen molar-refractivity contribution in [2.45, 2.75) is 116 Å². The predicted molar refractivity (Wildman–Crippen MR) is 101 cm³/mol. The van der Waals surface area contributed by atoms with Gasteiger partial charge in [0.25, 0.3) is 0 Å². The van der Waals surface area contributed by atoms with E-state index in [4.69, 9.17) is 4.74 Å². The molecule has 0 aromatic heterocycles. The molecule has 1 nitrogen and oxygen atoms in total. The maximum Gasteiger partial charge on any atom is 0.0575 e. The van der Waals surface area contributed by atoms with Crippen LogP contribution in [-0.2, 0) is 4.74 Å². The van der Waals surface area contributed by atoms with E-state index in [-0.39, 0.29) is 0 Å². The van der Waals surface area contributed by atoms with E-state index >= 15 is 0 Å². The van der Waals surface area contributed by atoms with E-state index in [1.54, 1.807) is 0 Å². The Morgan fingerprint density at radius 2 is 1.22 bits per heavy atom. The molecule has 136 valence electrons. The van der Waals surface area contributed by atoms with Crippen LogP contribution in [0.15, 0.2) is 0 Å². The Balaban J connectivity index is 1.52. The molecule has 2 fully saturated rings. The van der Waals surface area contributed by atoms with Gasteiger partial charge in [-0.3, -0.25) is 0 Å². The van der Waals surface area contributed by atoms with Gasteiger partial charge in [-0.2, -0.15) is 0 Å². The summed E-state index contributed by atoms with van der Waals surface area (Å²) in [6.45, 7) is 5.35. The molecule has 0 aromatic rings. The van der Waals surface area contributed by atoms with Gasteiger partial charge in [-0.05, 0) is 63.2 Å². The van der Waals surface area contributed by atoms with Crippen LogP contribution >= 0.6 is 0 Å². The molecular weight excluding hydrogens is 280 g/mol. The second-order valence-electron chi connectivity index (χ2n) is 8.33. The minimum atomic E-state index is 0.584. The highest BCUT2D eigenvalue weighted by atomic mass is 16.5. The third-order valence-corrected chi connectivity index (χ3v) is 6.65. The van der Waals surface area contributed by atoms with Crippen LogP contribution in [0.2, 0.25) is 0 Å². The summed E-state index contributed by atoms with van der Waals surface area (Å²) in [5.74, 6) is 3.15. The Hall–Kier alpha value is -0.0400. The van der Waals surface area contributed by atoms with E-state index in [1.807, 2.05) is 0 Å². The van der Waals surface area contributed by atoms with Gasteiger partial charge in [0.15, 0.2) is 0 Å². The summed E-state index contributed by atoms with van der Waals surface area (Å²) in [6, 6.07) is 0. The molecule has 2 saturated carbocycles. The molecule has 0 unspecified atom stereocenters. The molecule has 0 N–H and O–H groups in total. The van der Waals surface area contributed by atoms with Gasteiger partial charge < -0.3 is 4.74 Å². The molecule has 0 aliphatic heterocycles. The van der Waals surface area contributed by atoms with Crippen molar-refractivity contribution in [3.63, 3.8) is 0 Å². The maximum atomic E-state index is 5.81. The fourth-order valence-corrected chi connectivity index (χ4v) is 5.12. The summed E-state index contributed by atoms with van der Waals surface area (Å²) >= 11 is 0. The summed E-state index contributed by atoms with van der Waals surface area (Å²) in [6.07, 6.45) is 22.5. The molecule has 0 saturated heterocycles. The lowest BCUT2D eigenvalue weighted by Gasteiger charge is -2.37. The van der Waals surface area contributed by atoms with Crippen LogP contribution in [0, 0.1) is 17.8 Å². The lowest BCUT2D eigenvalue weighted by Crippen LogP contribution is -2.28. The lowest BCUT2D eigenvalue weighted by atomic mass is 9.70. The molecule has 0 bridgehead atoms. The number of rotatable bonds is 10. The Morgan fingerprint density at radius 1 is 0.652 bits per heavy atom. The van der Waals surface area contributed by atoms with Crippen molar-refractivity contribution in [1.29, 1.82) is 0 Å². The van der Waals surface area contributed by atoms with Gasteiger partial charge in [-0.1, -0.05) is 64.7 Å². The van der Waals surface area contributed by atoms with Crippen molar-refractivity contribution in [2.24, 2.45) is 17.8 Å². The van der Waals surface area contributed by atoms with Crippen molar-refractivity contribution in [1.82, 2.24) is 0 Å². The Morgan fingerprint density at radius 3 is 1.83 bits per heavy atom. The van der Waals surface area contributed by atoms with Crippen LogP contribution in [0.25, 0.3) is 0 Å². The Bertz CT molecular complexity index is 272. The quantitative estimate of drug-likeness (QED) is 0.388. The minimum absolute atomic E-state index is 0.584. The number of hydrogen-bond donors (Lipinski definition) is 0. The fraction of sp³-hybridized carbons (Fsp3) is 1.00. The van der Waals surface area contributed by atoms with E-state index in [0.717, 1.165) is 24.4 Å². The van der Waals surface area contributed by atoms with E-state index in [0.29, 0.717) is 6.10 Å². The highest BCUT2D eigenvalue weighted by molar-refractivity contribution is 4.82. The SMILES string of the molecule is CCCCCCCC[C@H]1CC[C@H]([C@H]2CC[C@H](OCC)CC2)CC1. The van der Waals surface area contributed by atoms with Crippen LogP contribution in [0.1, 0.15) is 110 Å². The van der Waals surface area contributed by atoms with E-state index in [2.05, 4.69) is 13.8 Å². The van der Waals surface area contributed by atoms with Gasteiger partial charge in [-0.25, -0.2) is 0 Å². The minimum Gasteiger partial charge on any atom is -0.379 e. The first-order valence-electron chi connectivity index (χ1n) is 10.9. The smallest absolute Gasteiger partial charge is 0.0575 e. The zero-order chi connectivity index (χ0) is 16.3. The normalized spacial score (nSPS) is 32.1. The average molecular weight is 323 g/mol. The standard InChI is InChI=1S/C22H42O/c1-3-5-6-7-8-9-10-19-11-13-20(14-12-19)21-15-17-22(18-16-21)23-4-2/h19-22H,3-18H2,1-2H3/t19-,20-,21-,22-. The highest BCUT2D eigenvalue weighted by Crippen LogP contribution is 2.41. The summed E-state index contributed by atoms with van der Waals surface area (Å²) in [4.78, 5) is 0. The number of ether oxygens (including phenoxy) is 1. The first kappa shape index (κ1) is 19.3. The molecule has 0 radical (unpaired) electrons. The topological polar surface area (TPSA) is 9.23 Å². The molecule has 2 rings (SSSR count). The third-order valence-electron chi connectivity index (χ3n) is 6.65. The molecule has 0 atom stereocenters. The van der Waals surface area contributed by atoms with Crippen LogP contribution in [0.3, 0.4) is 0 Å². The monoisotopic (exact) mass is 322 g/mol. The molecule has 0 aromatic carbocycles. The summed E-state index contributed by atoms with van der Waals surface area (Å²) < 4.78 is 5.81. The second-order valence-corrected chi connectivity index (χ2v) is 8.33. The van der Waals surface area contributed by atoms with Gasteiger partial charge in [0.05, 0.1) is 6.10 Å².